The first-order chi connectivity index (χ1) is 5.20. The van der Waals surface area contributed by atoms with Gasteiger partial charge in [0.1, 0.15) is 5.78 Å². The maximum atomic E-state index is 11.1. The minimum atomic E-state index is 0.327. The topological polar surface area (TPSA) is 29.1 Å². The zero-order valence-electron chi connectivity index (χ0n) is 7.81. The van der Waals surface area contributed by atoms with Crippen LogP contribution in [0.1, 0.15) is 33.1 Å². The summed E-state index contributed by atoms with van der Waals surface area (Å²) < 4.78 is 0. The fourth-order valence-corrected chi connectivity index (χ4v) is 1.25. The van der Waals surface area contributed by atoms with Gasteiger partial charge in [-0.15, -0.1) is 0 Å². The number of carbonyl (C=O) groups excluding carboxylic acids is 1. The molecule has 0 spiro atoms. The third-order valence-electron chi connectivity index (χ3n) is 1.73. The zero-order chi connectivity index (χ0) is 8.69. The van der Waals surface area contributed by atoms with Crippen LogP contribution in [-0.2, 0) is 4.79 Å². The molecule has 0 heterocycles. The molecule has 2 heteroatoms. The van der Waals surface area contributed by atoms with Gasteiger partial charge in [-0.3, -0.25) is 4.79 Å². The zero-order valence-corrected chi connectivity index (χ0v) is 7.81. The number of likely N-dealkylation sites (N-methyl/N-ethyl adjacent to an activating group) is 1. The van der Waals surface area contributed by atoms with Crippen molar-refractivity contribution >= 4 is 5.78 Å². The van der Waals surface area contributed by atoms with Crippen LogP contribution in [-0.4, -0.2) is 19.4 Å². The highest BCUT2D eigenvalue weighted by Crippen LogP contribution is 2.09. The van der Waals surface area contributed by atoms with Crippen molar-refractivity contribution in [1.29, 1.82) is 0 Å². The molecule has 0 saturated carbocycles. The van der Waals surface area contributed by atoms with Gasteiger partial charge in [0, 0.05) is 6.42 Å². The van der Waals surface area contributed by atoms with Crippen LogP contribution < -0.4 is 5.32 Å². The maximum absolute atomic E-state index is 11.1. The van der Waals surface area contributed by atoms with Crippen molar-refractivity contribution in [1.82, 2.24) is 5.32 Å². The van der Waals surface area contributed by atoms with Gasteiger partial charge in [-0.25, -0.2) is 0 Å². The second-order valence-electron chi connectivity index (χ2n) is 3.17. The molecule has 0 aliphatic rings. The van der Waals surface area contributed by atoms with Crippen molar-refractivity contribution in [2.24, 2.45) is 5.92 Å². The number of ketones is 1. The molecule has 1 unspecified atom stereocenters. The summed E-state index contributed by atoms with van der Waals surface area (Å²) in [7, 11) is 1.81. The molecule has 0 aliphatic heterocycles. The molecule has 0 rings (SSSR count). The molecule has 0 fully saturated rings. The molecule has 1 N–H and O–H groups in total. The van der Waals surface area contributed by atoms with Gasteiger partial charge in [0.25, 0.3) is 0 Å². The van der Waals surface area contributed by atoms with E-state index in [4.69, 9.17) is 0 Å². The van der Waals surface area contributed by atoms with E-state index in [9.17, 15) is 4.79 Å². The number of hydrogen-bond donors (Lipinski definition) is 1. The molecular weight excluding hydrogens is 138 g/mol. The highest BCUT2D eigenvalue weighted by Gasteiger charge is 2.06. The van der Waals surface area contributed by atoms with Crippen molar-refractivity contribution in [2.75, 3.05) is 13.6 Å². The SMILES string of the molecule is CCCC(C)CC(=O)CNC. The number of carbonyl (C=O) groups is 1. The highest BCUT2D eigenvalue weighted by atomic mass is 16.1. The standard InChI is InChI=1S/C9H19NO/c1-4-5-8(2)6-9(11)7-10-3/h8,10H,4-7H2,1-3H3. The predicted octanol–water partition coefficient (Wildman–Crippen LogP) is 1.60. The van der Waals surface area contributed by atoms with Crippen molar-refractivity contribution in [2.45, 2.75) is 33.1 Å². The molecule has 1 atom stereocenters. The molecule has 0 aromatic rings. The summed E-state index contributed by atoms with van der Waals surface area (Å²) >= 11 is 0. The van der Waals surface area contributed by atoms with Gasteiger partial charge in [-0.1, -0.05) is 26.7 Å². The Morgan fingerprint density at radius 1 is 1.55 bits per heavy atom. The second kappa shape index (κ2) is 6.35. The van der Waals surface area contributed by atoms with Crippen LogP contribution in [0.4, 0.5) is 0 Å². The quantitative estimate of drug-likeness (QED) is 0.634. The van der Waals surface area contributed by atoms with E-state index in [0.717, 1.165) is 12.8 Å². The molecule has 0 aliphatic carbocycles. The minimum absolute atomic E-state index is 0.327. The molecule has 0 aromatic heterocycles. The lowest BCUT2D eigenvalue weighted by Crippen LogP contribution is -2.20. The van der Waals surface area contributed by atoms with Crippen molar-refractivity contribution < 1.29 is 4.79 Å². The first kappa shape index (κ1) is 10.6. The van der Waals surface area contributed by atoms with E-state index in [2.05, 4.69) is 19.2 Å². The Bertz CT molecular complexity index is 112. The van der Waals surface area contributed by atoms with Crippen LogP contribution in [0.3, 0.4) is 0 Å². The summed E-state index contributed by atoms with van der Waals surface area (Å²) in [6.07, 6.45) is 3.07. The largest absolute Gasteiger partial charge is 0.313 e. The molecule has 0 bridgehead atoms. The van der Waals surface area contributed by atoms with Crippen LogP contribution in [0.15, 0.2) is 0 Å². The Morgan fingerprint density at radius 3 is 2.64 bits per heavy atom. The van der Waals surface area contributed by atoms with Gasteiger partial charge in [0.05, 0.1) is 6.54 Å². The number of Topliss-reactive ketones (excluding diaryl/α,β-unsaturated/α-hetero) is 1. The molecule has 66 valence electrons. The fourth-order valence-electron chi connectivity index (χ4n) is 1.25. The van der Waals surface area contributed by atoms with Gasteiger partial charge < -0.3 is 5.32 Å². The van der Waals surface area contributed by atoms with Crippen LogP contribution in [0.25, 0.3) is 0 Å². The first-order valence-corrected chi connectivity index (χ1v) is 4.37. The maximum Gasteiger partial charge on any atom is 0.146 e. The van der Waals surface area contributed by atoms with E-state index in [-0.39, 0.29) is 0 Å². The van der Waals surface area contributed by atoms with Gasteiger partial charge in [0.15, 0.2) is 0 Å². The lowest BCUT2D eigenvalue weighted by molar-refractivity contribution is -0.119. The summed E-state index contributed by atoms with van der Waals surface area (Å²) in [5, 5.41) is 2.87. The third kappa shape index (κ3) is 6.05. The van der Waals surface area contributed by atoms with E-state index in [1.165, 1.54) is 6.42 Å². The number of nitrogens with one attached hydrogen (secondary N) is 1. The van der Waals surface area contributed by atoms with E-state index in [1.807, 2.05) is 7.05 Å². The van der Waals surface area contributed by atoms with E-state index < -0.39 is 0 Å². The Kier molecular flexibility index (Phi) is 6.13. The van der Waals surface area contributed by atoms with Gasteiger partial charge in [-0.05, 0) is 13.0 Å². The summed E-state index contributed by atoms with van der Waals surface area (Å²) in [6.45, 7) is 4.81. The average Bonchev–Trinajstić information content (AvgIpc) is 1.87. The predicted molar refractivity (Wildman–Crippen MR) is 47.6 cm³/mol. The normalized spacial score (nSPS) is 13.0. The van der Waals surface area contributed by atoms with Gasteiger partial charge in [0.2, 0.25) is 0 Å². The molecule has 0 radical (unpaired) electrons. The monoisotopic (exact) mass is 157 g/mol. The van der Waals surface area contributed by atoms with E-state index in [0.29, 0.717) is 18.2 Å². The second-order valence-corrected chi connectivity index (χ2v) is 3.17. The molecule has 0 saturated heterocycles. The Labute approximate surface area is 69.4 Å². The highest BCUT2D eigenvalue weighted by molar-refractivity contribution is 5.80. The molecular formula is C9H19NO. The van der Waals surface area contributed by atoms with Crippen molar-refractivity contribution in [3.8, 4) is 0 Å². The van der Waals surface area contributed by atoms with E-state index >= 15 is 0 Å². The van der Waals surface area contributed by atoms with Gasteiger partial charge in [-0.2, -0.15) is 0 Å². The first-order valence-electron chi connectivity index (χ1n) is 4.37. The summed E-state index contributed by atoms with van der Waals surface area (Å²) in [5.74, 6) is 0.884. The van der Waals surface area contributed by atoms with Crippen LogP contribution in [0.2, 0.25) is 0 Å². The number of hydrogen-bond acceptors (Lipinski definition) is 2. The third-order valence-corrected chi connectivity index (χ3v) is 1.73. The molecule has 0 amide bonds. The van der Waals surface area contributed by atoms with Crippen LogP contribution >= 0.6 is 0 Å². The lowest BCUT2D eigenvalue weighted by Gasteiger charge is -2.07. The summed E-state index contributed by atoms with van der Waals surface area (Å²) in [4.78, 5) is 11.1. The Morgan fingerprint density at radius 2 is 2.18 bits per heavy atom. The average molecular weight is 157 g/mol. The smallest absolute Gasteiger partial charge is 0.146 e. The number of rotatable bonds is 6. The summed E-state index contributed by atoms with van der Waals surface area (Å²) in [5.41, 5.74) is 0. The van der Waals surface area contributed by atoms with Gasteiger partial charge >= 0.3 is 0 Å². The van der Waals surface area contributed by atoms with Crippen LogP contribution in [0, 0.1) is 5.92 Å². The van der Waals surface area contributed by atoms with Crippen molar-refractivity contribution in [3.05, 3.63) is 0 Å². The van der Waals surface area contributed by atoms with Crippen molar-refractivity contribution in [3.63, 3.8) is 0 Å². The molecule has 2 nitrogen and oxygen atoms in total. The Hall–Kier alpha value is -0.370. The molecule has 0 aromatic carbocycles. The molecule has 11 heavy (non-hydrogen) atoms. The minimum Gasteiger partial charge on any atom is -0.313 e. The van der Waals surface area contributed by atoms with Crippen LogP contribution in [0.5, 0.6) is 0 Å². The summed E-state index contributed by atoms with van der Waals surface area (Å²) in [6, 6.07) is 0. The van der Waals surface area contributed by atoms with E-state index in [1.54, 1.807) is 0 Å². The lowest BCUT2D eigenvalue weighted by atomic mass is 10.00. The fraction of sp³-hybridized carbons (Fsp3) is 0.889. The Balaban J connectivity index is 3.40.